The SMILES string of the molecule is COC(=O)c1cccc(NC(=O)CN(c2ccc(Cl)cc2)S(=O)(=O)c2ccccc2)c1. The number of nitrogens with one attached hydrogen (secondary N) is 1. The van der Waals surface area contributed by atoms with Gasteiger partial charge in [0, 0.05) is 10.7 Å². The number of amides is 1. The Morgan fingerprint density at radius 1 is 0.968 bits per heavy atom. The van der Waals surface area contributed by atoms with Gasteiger partial charge in [0.2, 0.25) is 5.91 Å². The summed E-state index contributed by atoms with van der Waals surface area (Å²) >= 11 is 5.93. The summed E-state index contributed by atoms with van der Waals surface area (Å²) in [5.74, 6) is -1.14. The molecule has 0 fully saturated rings. The number of sulfonamides is 1. The van der Waals surface area contributed by atoms with E-state index in [0.29, 0.717) is 10.7 Å². The average molecular weight is 459 g/mol. The molecule has 0 unspecified atom stereocenters. The van der Waals surface area contributed by atoms with Gasteiger partial charge in [-0.25, -0.2) is 13.2 Å². The molecule has 0 heterocycles. The van der Waals surface area contributed by atoms with Crippen LogP contribution in [0.3, 0.4) is 0 Å². The van der Waals surface area contributed by atoms with Gasteiger partial charge in [-0.1, -0.05) is 35.9 Å². The van der Waals surface area contributed by atoms with E-state index in [4.69, 9.17) is 11.6 Å². The molecule has 9 heteroatoms. The van der Waals surface area contributed by atoms with E-state index in [9.17, 15) is 18.0 Å². The largest absolute Gasteiger partial charge is 0.465 e. The van der Waals surface area contributed by atoms with Crippen molar-refractivity contribution in [3.8, 4) is 0 Å². The second-order valence-corrected chi connectivity index (χ2v) is 8.72. The molecule has 1 amide bonds. The number of anilines is 2. The van der Waals surface area contributed by atoms with E-state index in [1.54, 1.807) is 48.5 Å². The lowest BCUT2D eigenvalue weighted by Crippen LogP contribution is -2.38. The van der Waals surface area contributed by atoms with Crippen molar-refractivity contribution in [1.29, 1.82) is 0 Å². The molecule has 0 atom stereocenters. The molecule has 0 saturated heterocycles. The Balaban J connectivity index is 1.89. The number of esters is 1. The van der Waals surface area contributed by atoms with Crippen molar-refractivity contribution >= 4 is 44.9 Å². The second-order valence-electron chi connectivity index (χ2n) is 6.42. The fraction of sp³-hybridized carbons (Fsp3) is 0.0909. The maximum atomic E-state index is 13.2. The van der Waals surface area contributed by atoms with Crippen LogP contribution in [-0.4, -0.2) is 33.9 Å². The lowest BCUT2D eigenvalue weighted by atomic mass is 10.2. The highest BCUT2D eigenvalue weighted by atomic mass is 35.5. The molecule has 0 aliphatic carbocycles. The van der Waals surface area contributed by atoms with E-state index in [0.717, 1.165) is 4.31 Å². The highest BCUT2D eigenvalue weighted by molar-refractivity contribution is 7.92. The van der Waals surface area contributed by atoms with Gasteiger partial charge < -0.3 is 10.1 Å². The maximum Gasteiger partial charge on any atom is 0.337 e. The van der Waals surface area contributed by atoms with Gasteiger partial charge in [0.1, 0.15) is 6.54 Å². The van der Waals surface area contributed by atoms with Crippen LogP contribution in [0.2, 0.25) is 5.02 Å². The Labute approximate surface area is 185 Å². The molecular formula is C22H19ClN2O5S. The van der Waals surface area contributed by atoms with Crippen LogP contribution in [0.4, 0.5) is 11.4 Å². The van der Waals surface area contributed by atoms with Crippen LogP contribution in [0.15, 0.2) is 83.8 Å². The topological polar surface area (TPSA) is 92.8 Å². The number of ether oxygens (including phenoxy) is 1. The molecule has 0 saturated carbocycles. The Kier molecular flexibility index (Phi) is 6.94. The van der Waals surface area contributed by atoms with Gasteiger partial charge in [-0.15, -0.1) is 0 Å². The minimum Gasteiger partial charge on any atom is -0.465 e. The van der Waals surface area contributed by atoms with Crippen molar-refractivity contribution in [3.05, 3.63) is 89.4 Å². The first-order valence-corrected chi connectivity index (χ1v) is 10.9. The standard InChI is InChI=1S/C22H19ClN2O5S/c1-30-22(27)16-6-5-7-18(14-16)24-21(26)15-25(19-12-10-17(23)11-13-19)31(28,29)20-8-3-2-4-9-20/h2-14H,15H2,1H3,(H,24,26). The van der Waals surface area contributed by atoms with Crippen LogP contribution in [-0.2, 0) is 19.6 Å². The summed E-state index contributed by atoms with van der Waals surface area (Å²) in [6.07, 6.45) is 0. The van der Waals surface area contributed by atoms with E-state index in [1.165, 1.54) is 37.4 Å². The first-order valence-electron chi connectivity index (χ1n) is 9.13. The Hall–Kier alpha value is -3.36. The molecule has 0 spiro atoms. The van der Waals surface area contributed by atoms with Crippen molar-refractivity contribution in [2.75, 3.05) is 23.3 Å². The molecular weight excluding hydrogens is 440 g/mol. The molecule has 0 aliphatic heterocycles. The van der Waals surface area contributed by atoms with E-state index in [1.807, 2.05) is 0 Å². The summed E-state index contributed by atoms with van der Waals surface area (Å²) in [6, 6.07) is 20.1. The smallest absolute Gasteiger partial charge is 0.337 e. The molecule has 3 aromatic carbocycles. The summed E-state index contributed by atoms with van der Waals surface area (Å²) in [5, 5.41) is 3.05. The predicted molar refractivity (Wildman–Crippen MR) is 119 cm³/mol. The van der Waals surface area contributed by atoms with Gasteiger partial charge >= 0.3 is 5.97 Å². The quantitative estimate of drug-likeness (QED) is 0.541. The first kappa shape index (κ1) is 22.3. The van der Waals surface area contributed by atoms with E-state index in [-0.39, 0.29) is 16.1 Å². The molecule has 0 radical (unpaired) electrons. The monoisotopic (exact) mass is 458 g/mol. The van der Waals surface area contributed by atoms with Crippen LogP contribution in [0.1, 0.15) is 10.4 Å². The molecule has 3 aromatic rings. The summed E-state index contributed by atoms with van der Waals surface area (Å²) < 4.78 is 32.1. The normalized spacial score (nSPS) is 10.9. The fourth-order valence-corrected chi connectivity index (χ4v) is 4.38. The highest BCUT2D eigenvalue weighted by Gasteiger charge is 2.27. The number of hydrogen-bond acceptors (Lipinski definition) is 5. The van der Waals surface area contributed by atoms with Crippen molar-refractivity contribution in [1.82, 2.24) is 0 Å². The van der Waals surface area contributed by atoms with Gasteiger partial charge in [-0.3, -0.25) is 9.10 Å². The van der Waals surface area contributed by atoms with Crippen LogP contribution in [0, 0.1) is 0 Å². The Bertz CT molecular complexity index is 1180. The van der Waals surface area contributed by atoms with Crippen molar-refractivity contribution in [2.45, 2.75) is 4.90 Å². The number of hydrogen-bond donors (Lipinski definition) is 1. The molecule has 3 rings (SSSR count). The third-order valence-corrected chi connectivity index (χ3v) is 6.34. The van der Waals surface area contributed by atoms with Crippen LogP contribution in [0.25, 0.3) is 0 Å². The minimum atomic E-state index is -4.02. The molecule has 0 bridgehead atoms. The highest BCUT2D eigenvalue weighted by Crippen LogP contribution is 2.25. The summed E-state index contributed by atoms with van der Waals surface area (Å²) in [5.41, 5.74) is 0.875. The number of rotatable bonds is 7. The van der Waals surface area contributed by atoms with E-state index >= 15 is 0 Å². The zero-order chi connectivity index (χ0) is 22.4. The fourth-order valence-electron chi connectivity index (χ4n) is 2.81. The molecule has 7 nitrogen and oxygen atoms in total. The van der Waals surface area contributed by atoms with Crippen molar-refractivity contribution < 1.29 is 22.7 Å². The summed E-state index contributed by atoms with van der Waals surface area (Å²) in [6.45, 7) is -0.485. The molecule has 0 aliphatic rings. The van der Waals surface area contributed by atoms with Gasteiger partial charge in [-0.05, 0) is 54.6 Å². The first-order chi connectivity index (χ1) is 14.8. The Morgan fingerprint density at radius 3 is 2.29 bits per heavy atom. The molecule has 1 N–H and O–H groups in total. The second kappa shape index (κ2) is 9.63. The Morgan fingerprint density at radius 2 is 1.65 bits per heavy atom. The summed E-state index contributed by atoms with van der Waals surface area (Å²) in [4.78, 5) is 24.5. The molecule has 160 valence electrons. The minimum absolute atomic E-state index is 0.0467. The van der Waals surface area contributed by atoms with Crippen molar-refractivity contribution in [3.63, 3.8) is 0 Å². The van der Waals surface area contributed by atoms with E-state index in [2.05, 4.69) is 10.1 Å². The molecule has 0 aromatic heterocycles. The number of benzene rings is 3. The van der Waals surface area contributed by atoms with Crippen LogP contribution < -0.4 is 9.62 Å². The average Bonchev–Trinajstić information content (AvgIpc) is 2.78. The van der Waals surface area contributed by atoms with Crippen molar-refractivity contribution in [2.24, 2.45) is 0 Å². The summed E-state index contributed by atoms with van der Waals surface area (Å²) in [7, 11) is -2.77. The number of carbonyl (C=O) groups excluding carboxylic acids is 2. The van der Waals surface area contributed by atoms with Crippen LogP contribution >= 0.6 is 11.6 Å². The lowest BCUT2D eigenvalue weighted by Gasteiger charge is -2.24. The number of nitrogens with zero attached hydrogens (tertiary/aromatic N) is 1. The van der Waals surface area contributed by atoms with Gasteiger partial charge in [-0.2, -0.15) is 0 Å². The van der Waals surface area contributed by atoms with E-state index < -0.39 is 28.4 Å². The number of methoxy groups -OCH3 is 1. The number of carbonyl (C=O) groups is 2. The maximum absolute atomic E-state index is 13.2. The zero-order valence-electron chi connectivity index (χ0n) is 16.5. The van der Waals surface area contributed by atoms with Gasteiger partial charge in [0.25, 0.3) is 10.0 Å². The lowest BCUT2D eigenvalue weighted by molar-refractivity contribution is -0.114. The predicted octanol–water partition coefficient (Wildman–Crippen LogP) is 3.96. The molecule has 31 heavy (non-hydrogen) atoms. The third-order valence-electron chi connectivity index (χ3n) is 4.30. The zero-order valence-corrected chi connectivity index (χ0v) is 18.1. The van der Waals surface area contributed by atoms with Crippen LogP contribution in [0.5, 0.6) is 0 Å². The third kappa shape index (κ3) is 5.42. The van der Waals surface area contributed by atoms with Gasteiger partial charge in [0.05, 0.1) is 23.3 Å². The number of halogens is 1. The van der Waals surface area contributed by atoms with Gasteiger partial charge in [0.15, 0.2) is 0 Å².